The Kier molecular flexibility index (Phi) is 4.74. The first-order valence-electron chi connectivity index (χ1n) is 5.87. The van der Waals surface area contributed by atoms with E-state index in [1.54, 1.807) is 13.8 Å². The summed E-state index contributed by atoms with van der Waals surface area (Å²) in [6.07, 6.45) is -4.23. The van der Waals surface area contributed by atoms with Gasteiger partial charge in [-0.05, 0) is 25.5 Å². The number of methoxy groups -OCH3 is 1. The van der Waals surface area contributed by atoms with Crippen LogP contribution >= 0.6 is 0 Å². The monoisotopic (exact) mass is 274 g/mol. The van der Waals surface area contributed by atoms with E-state index < -0.39 is 17.3 Å². The van der Waals surface area contributed by atoms with Crippen LogP contribution in [-0.4, -0.2) is 18.5 Å². The van der Waals surface area contributed by atoms with Crippen molar-refractivity contribution in [3.63, 3.8) is 0 Å². The van der Waals surface area contributed by atoms with Crippen molar-refractivity contribution >= 4 is 5.78 Å². The van der Waals surface area contributed by atoms with Gasteiger partial charge < -0.3 is 4.74 Å². The van der Waals surface area contributed by atoms with E-state index >= 15 is 0 Å². The van der Waals surface area contributed by atoms with Gasteiger partial charge in [0.25, 0.3) is 0 Å². The maximum Gasteiger partial charge on any atom is 0.416 e. The third-order valence-electron chi connectivity index (χ3n) is 2.83. The lowest BCUT2D eigenvalue weighted by molar-refractivity contribution is -0.137. The van der Waals surface area contributed by atoms with E-state index in [1.807, 2.05) is 0 Å². The quantitative estimate of drug-likeness (QED) is 0.819. The summed E-state index contributed by atoms with van der Waals surface area (Å²) < 4.78 is 42.7. The Balaban J connectivity index is 2.76. The molecule has 0 unspecified atom stereocenters. The molecular weight excluding hydrogens is 257 g/mol. The Morgan fingerprint density at radius 3 is 2.42 bits per heavy atom. The van der Waals surface area contributed by atoms with E-state index in [0.717, 1.165) is 12.1 Å². The maximum atomic E-state index is 12.5. The molecule has 0 spiro atoms. The van der Waals surface area contributed by atoms with Gasteiger partial charge in [0.05, 0.1) is 11.2 Å². The van der Waals surface area contributed by atoms with Crippen LogP contribution in [0.15, 0.2) is 24.3 Å². The molecule has 1 aromatic rings. The highest BCUT2D eigenvalue weighted by Crippen LogP contribution is 2.29. The first-order valence-corrected chi connectivity index (χ1v) is 5.87. The van der Waals surface area contributed by atoms with Crippen molar-refractivity contribution in [2.24, 2.45) is 0 Å². The molecule has 0 aliphatic rings. The number of halogens is 3. The fourth-order valence-corrected chi connectivity index (χ4v) is 1.69. The van der Waals surface area contributed by atoms with Crippen LogP contribution in [-0.2, 0) is 22.1 Å². The normalized spacial score (nSPS) is 12.5. The first kappa shape index (κ1) is 15.7. The standard InChI is InChI=1S/C14H17F3O2/c1-13(2,19-3)9-12(18)8-10-5-4-6-11(7-10)14(15,16)17/h4-7H,8-9H2,1-3H3. The van der Waals surface area contributed by atoms with E-state index in [4.69, 9.17) is 4.74 Å². The van der Waals surface area contributed by atoms with E-state index in [1.165, 1.54) is 19.2 Å². The number of benzene rings is 1. The van der Waals surface area contributed by atoms with Crippen LogP contribution in [0.25, 0.3) is 0 Å². The van der Waals surface area contributed by atoms with Gasteiger partial charge in [-0.3, -0.25) is 4.79 Å². The Hall–Kier alpha value is -1.36. The molecule has 19 heavy (non-hydrogen) atoms. The van der Waals surface area contributed by atoms with Crippen molar-refractivity contribution in [2.45, 2.75) is 38.5 Å². The molecule has 0 fully saturated rings. The minimum atomic E-state index is -4.38. The van der Waals surface area contributed by atoms with E-state index in [2.05, 4.69) is 0 Å². The van der Waals surface area contributed by atoms with Crippen molar-refractivity contribution in [3.8, 4) is 0 Å². The molecule has 5 heteroatoms. The van der Waals surface area contributed by atoms with Crippen LogP contribution in [0.5, 0.6) is 0 Å². The summed E-state index contributed by atoms with van der Waals surface area (Å²) in [6.45, 7) is 3.52. The number of carbonyl (C=O) groups excluding carboxylic acids is 1. The number of carbonyl (C=O) groups is 1. The molecule has 1 aromatic carbocycles. The molecule has 0 saturated heterocycles. The summed E-state index contributed by atoms with van der Waals surface area (Å²) in [4.78, 5) is 11.8. The van der Waals surface area contributed by atoms with Gasteiger partial charge in [-0.25, -0.2) is 0 Å². The molecule has 0 radical (unpaired) electrons. The largest absolute Gasteiger partial charge is 0.416 e. The number of alkyl halides is 3. The highest BCUT2D eigenvalue weighted by Gasteiger charge is 2.30. The Morgan fingerprint density at radius 1 is 1.26 bits per heavy atom. The average molecular weight is 274 g/mol. The zero-order chi connectivity index (χ0) is 14.7. The van der Waals surface area contributed by atoms with Crippen LogP contribution in [0.3, 0.4) is 0 Å². The fourth-order valence-electron chi connectivity index (χ4n) is 1.69. The third kappa shape index (κ3) is 5.03. The highest BCUT2D eigenvalue weighted by atomic mass is 19.4. The van der Waals surface area contributed by atoms with Crippen molar-refractivity contribution in [3.05, 3.63) is 35.4 Å². The SMILES string of the molecule is COC(C)(C)CC(=O)Cc1cccc(C(F)(F)F)c1. The van der Waals surface area contributed by atoms with Gasteiger partial charge in [0, 0.05) is 20.0 Å². The zero-order valence-corrected chi connectivity index (χ0v) is 11.2. The topological polar surface area (TPSA) is 26.3 Å². The van der Waals surface area contributed by atoms with Gasteiger partial charge in [-0.15, -0.1) is 0 Å². The Bertz CT molecular complexity index is 450. The number of Topliss-reactive ketones (excluding diaryl/α,β-unsaturated/α-hetero) is 1. The van der Waals surface area contributed by atoms with Gasteiger partial charge in [-0.2, -0.15) is 13.2 Å². The number of hydrogen-bond acceptors (Lipinski definition) is 2. The lowest BCUT2D eigenvalue weighted by atomic mass is 9.97. The van der Waals surface area contributed by atoms with Crippen molar-refractivity contribution in [1.29, 1.82) is 0 Å². The van der Waals surface area contributed by atoms with Gasteiger partial charge in [0.15, 0.2) is 0 Å². The zero-order valence-electron chi connectivity index (χ0n) is 11.2. The average Bonchev–Trinajstić information content (AvgIpc) is 2.27. The lowest BCUT2D eigenvalue weighted by Crippen LogP contribution is -2.27. The molecule has 0 aliphatic carbocycles. The second kappa shape index (κ2) is 5.74. The maximum absolute atomic E-state index is 12.5. The lowest BCUT2D eigenvalue weighted by Gasteiger charge is -2.21. The minimum Gasteiger partial charge on any atom is -0.378 e. The molecule has 1 rings (SSSR count). The molecular formula is C14H17F3O2. The number of hydrogen-bond donors (Lipinski definition) is 0. The Labute approximate surface area is 110 Å². The van der Waals surface area contributed by atoms with Gasteiger partial charge in [0.1, 0.15) is 5.78 Å². The molecule has 0 N–H and O–H groups in total. The molecule has 0 bridgehead atoms. The van der Waals surface area contributed by atoms with Gasteiger partial charge in [0.2, 0.25) is 0 Å². The summed E-state index contributed by atoms with van der Waals surface area (Å²) in [5.74, 6) is -0.147. The fraction of sp³-hybridized carbons (Fsp3) is 0.500. The van der Waals surface area contributed by atoms with E-state index in [9.17, 15) is 18.0 Å². The molecule has 0 heterocycles. The molecule has 0 saturated carbocycles. The highest BCUT2D eigenvalue weighted by molar-refractivity contribution is 5.81. The molecule has 0 aliphatic heterocycles. The minimum absolute atomic E-state index is 0.0172. The smallest absolute Gasteiger partial charge is 0.378 e. The van der Waals surface area contributed by atoms with Crippen molar-refractivity contribution in [2.75, 3.05) is 7.11 Å². The van der Waals surface area contributed by atoms with Crippen LogP contribution in [0, 0.1) is 0 Å². The predicted molar refractivity (Wildman–Crippen MR) is 65.9 cm³/mol. The third-order valence-corrected chi connectivity index (χ3v) is 2.83. The summed E-state index contributed by atoms with van der Waals surface area (Å²) in [5.41, 5.74) is -0.964. The predicted octanol–water partition coefficient (Wildman–Crippen LogP) is 3.63. The van der Waals surface area contributed by atoms with Gasteiger partial charge >= 0.3 is 6.18 Å². The van der Waals surface area contributed by atoms with Crippen molar-refractivity contribution < 1.29 is 22.7 Å². The molecule has 0 amide bonds. The summed E-state index contributed by atoms with van der Waals surface area (Å²) in [7, 11) is 1.50. The number of ketones is 1. The number of ether oxygens (including phenoxy) is 1. The molecule has 2 nitrogen and oxygen atoms in total. The van der Waals surface area contributed by atoms with Gasteiger partial charge in [-0.1, -0.05) is 18.2 Å². The van der Waals surface area contributed by atoms with Crippen LogP contribution in [0.2, 0.25) is 0 Å². The number of rotatable bonds is 5. The van der Waals surface area contributed by atoms with Crippen LogP contribution < -0.4 is 0 Å². The second-order valence-corrected chi connectivity index (χ2v) is 5.05. The summed E-state index contributed by atoms with van der Waals surface area (Å²) in [5, 5.41) is 0. The second-order valence-electron chi connectivity index (χ2n) is 5.05. The van der Waals surface area contributed by atoms with E-state index in [0.29, 0.717) is 5.56 Å². The first-order chi connectivity index (χ1) is 8.64. The van der Waals surface area contributed by atoms with Crippen LogP contribution in [0.4, 0.5) is 13.2 Å². The van der Waals surface area contributed by atoms with E-state index in [-0.39, 0.29) is 18.6 Å². The molecule has 106 valence electrons. The summed E-state index contributed by atoms with van der Waals surface area (Å²) >= 11 is 0. The molecule has 0 atom stereocenters. The molecule has 0 aromatic heterocycles. The van der Waals surface area contributed by atoms with Crippen LogP contribution in [0.1, 0.15) is 31.4 Å². The van der Waals surface area contributed by atoms with Crippen molar-refractivity contribution in [1.82, 2.24) is 0 Å². The Morgan fingerprint density at radius 2 is 1.89 bits per heavy atom. The summed E-state index contributed by atoms with van der Waals surface area (Å²) in [6, 6.07) is 4.84.